The maximum atomic E-state index is 12.9. The molecule has 194 valence electrons. The molecule has 0 heterocycles. The van der Waals surface area contributed by atoms with Gasteiger partial charge in [0.25, 0.3) is 11.8 Å². The third-order valence-electron chi connectivity index (χ3n) is 5.05. The summed E-state index contributed by atoms with van der Waals surface area (Å²) in [5, 5.41) is 10.7. The zero-order valence-corrected chi connectivity index (χ0v) is 19.8. The monoisotopic (exact) mass is 514 g/mol. The highest BCUT2D eigenvalue weighted by Gasteiger charge is 2.30. The van der Waals surface area contributed by atoms with Gasteiger partial charge in [0, 0.05) is 41.8 Å². The van der Waals surface area contributed by atoms with Crippen LogP contribution in [0.5, 0.6) is 0 Å². The smallest absolute Gasteiger partial charge is 0.383 e. The van der Waals surface area contributed by atoms with Gasteiger partial charge in [0.1, 0.15) is 0 Å². The van der Waals surface area contributed by atoms with Crippen molar-refractivity contribution in [3.63, 3.8) is 0 Å². The SMILES string of the molecule is COCCNC(=O)c1ccc(NCC(=O)Nc2cccc(C(=O)Nc3cccc(C(F)(F)F)c3)c2)cc1. The first-order valence-corrected chi connectivity index (χ1v) is 11.2. The normalized spacial score (nSPS) is 10.9. The number of benzene rings is 3. The van der Waals surface area contributed by atoms with Crippen LogP contribution in [0, 0.1) is 0 Å². The molecule has 0 saturated carbocycles. The molecule has 0 saturated heterocycles. The van der Waals surface area contributed by atoms with Gasteiger partial charge in [-0.15, -0.1) is 0 Å². The minimum absolute atomic E-state index is 0.00283. The Morgan fingerprint density at radius 3 is 2.14 bits per heavy atom. The zero-order valence-electron chi connectivity index (χ0n) is 19.8. The van der Waals surface area contributed by atoms with E-state index in [0.717, 1.165) is 12.1 Å². The average molecular weight is 515 g/mol. The van der Waals surface area contributed by atoms with Gasteiger partial charge in [-0.25, -0.2) is 0 Å². The molecule has 0 spiro atoms. The Morgan fingerprint density at radius 1 is 0.784 bits per heavy atom. The van der Waals surface area contributed by atoms with Gasteiger partial charge >= 0.3 is 6.18 Å². The Kier molecular flexibility index (Phi) is 9.22. The van der Waals surface area contributed by atoms with Crippen molar-refractivity contribution >= 4 is 34.8 Å². The van der Waals surface area contributed by atoms with Gasteiger partial charge in [0.05, 0.1) is 18.7 Å². The van der Waals surface area contributed by atoms with Gasteiger partial charge in [-0.2, -0.15) is 13.2 Å². The molecule has 3 rings (SSSR count). The second kappa shape index (κ2) is 12.5. The number of anilines is 3. The average Bonchev–Trinajstić information content (AvgIpc) is 2.87. The van der Waals surface area contributed by atoms with E-state index in [1.54, 1.807) is 43.5 Å². The Labute approximate surface area is 211 Å². The molecule has 0 bridgehead atoms. The van der Waals surface area contributed by atoms with E-state index in [-0.39, 0.29) is 23.7 Å². The van der Waals surface area contributed by atoms with Gasteiger partial charge in [0.15, 0.2) is 0 Å². The van der Waals surface area contributed by atoms with Gasteiger partial charge in [-0.1, -0.05) is 12.1 Å². The largest absolute Gasteiger partial charge is 0.416 e. The molecule has 8 nitrogen and oxygen atoms in total. The minimum atomic E-state index is -4.53. The number of carbonyl (C=O) groups is 3. The third-order valence-corrected chi connectivity index (χ3v) is 5.05. The minimum Gasteiger partial charge on any atom is -0.383 e. The van der Waals surface area contributed by atoms with Gasteiger partial charge < -0.3 is 26.0 Å². The quantitative estimate of drug-likeness (QED) is 0.300. The van der Waals surface area contributed by atoms with Crippen molar-refractivity contribution in [1.29, 1.82) is 0 Å². The van der Waals surface area contributed by atoms with Crippen LogP contribution in [0.2, 0.25) is 0 Å². The van der Waals surface area contributed by atoms with Crippen LogP contribution in [0.3, 0.4) is 0 Å². The summed E-state index contributed by atoms with van der Waals surface area (Å²) in [6.45, 7) is 0.716. The molecule has 0 aliphatic heterocycles. The van der Waals surface area contributed by atoms with Crippen molar-refractivity contribution in [2.45, 2.75) is 6.18 Å². The van der Waals surface area contributed by atoms with Crippen molar-refractivity contribution in [2.75, 3.05) is 42.8 Å². The summed E-state index contributed by atoms with van der Waals surface area (Å²) in [6, 6.07) is 16.9. The van der Waals surface area contributed by atoms with Gasteiger partial charge in [-0.05, 0) is 60.7 Å². The van der Waals surface area contributed by atoms with E-state index < -0.39 is 23.6 Å². The highest BCUT2D eigenvalue weighted by molar-refractivity contribution is 6.05. The number of halogens is 3. The van der Waals surface area contributed by atoms with Crippen LogP contribution in [-0.4, -0.2) is 44.5 Å². The topological polar surface area (TPSA) is 109 Å². The summed E-state index contributed by atoms with van der Waals surface area (Å²) in [5.41, 5.74) is 0.703. The lowest BCUT2D eigenvalue weighted by atomic mass is 10.1. The van der Waals surface area contributed by atoms with Crippen LogP contribution in [-0.2, 0) is 15.7 Å². The van der Waals surface area contributed by atoms with Crippen LogP contribution >= 0.6 is 0 Å². The second-order valence-corrected chi connectivity index (χ2v) is 7.84. The van der Waals surface area contributed by atoms with Crippen LogP contribution in [0.1, 0.15) is 26.3 Å². The van der Waals surface area contributed by atoms with Crippen molar-refractivity contribution < 1.29 is 32.3 Å². The van der Waals surface area contributed by atoms with Gasteiger partial charge in [0.2, 0.25) is 5.91 Å². The summed E-state index contributed by atoms with van der Waals surface area (Å²) in [5.74, 6) is -1.25. The highest BCUT2D eigenvalue weighted by atomic mass is 19.4. The molecule has 0 aromatic heterocycles. The van der Waals surface area contributed by atoms with Crippen LogP contribution in [0.15, 0.2) is 72.8 Å². The Hall–Kier alpha value is -4.38. The number of nitrogens with one attached hydrogen (secondary N) is 4. The molecular formula is C26H25F3N4O4. The fraction of sp³-hybridized carbons (Fsp3) is 0.192. The van der Waals surface area contributed by atoms with Crippen molar-refractivity contribution in [1.82, 2.24) is 5.32 Å². The fourth-order valence-electron chi connectivity index (χ4n) is 3.21. The maximum Gasteiger partial charge on any atom is 0.416 e. The summed E-state index contributed by atoms with van der Waals surface area (Å²) in [6.07, 6.45) is -4.53. The third kappa shape index (κ3) is 8.36. The Balaban J connectivity index is 1.53. The number of hydrogen-bond donors (Lipinski definition) is 4. The number of amides is 3. The molecule has 11 heteroatoms. The summed E-state index contributed by atoms with van der Waals surface area (Å²) < 4.78 is 43.6. The van der Waals surface area contributed by atoms with Gasteiger partial charge in [-0.3, -0.25) is 14.4 Å². The molecule has 3 aromatic carbocycles. The Bertz CT molecular complexity index is 1250. The summed E-state index contributed by atoms with van der Waals surface area (Å²) >= 11 is 0. The van der Waals surface area contributed by atoms with Crippen LogP contribution in [0.4, 0.5) is 30.2 Å². The first-order valence-electron chi connectivity index (χ1n) is 11.2. The van der Waals surface area contributed by atoms with Crippen molar-refractivity contribution in [2.24, 2.45) is 0 Å². The van der Waals surface area contributed by atoms with E-state index in [0.29, 0.717) is 30.1 Å². The van der Waals surface area contributed by atoms with E-state index in [1.165, 1.54) is 24.3 Å². The van der Waals surface area contributed by atoms with Crippen molar-refractivity contribution in [3.8, 4) is 0 Å². The second-order valence-electron chi connectivity index (χ2n) is 7.84. The predicted octanol–water partition coefficient (Wildman–Crippen LogP) is 4.38. The molecular weight excluding hydrogens is 489 g/mol. The molecule has 0 atom stereocenters. The molecule has 3 amide bonds. The van der Waals surface area contributed by atoms with E-state index in [9.17, 15) is 27.6 Å². The lowest BCUT2D eigenvalue weighted by Gasteiger charge is -2.11. The van der Waals surface area contributed by atoms with Crippen molar-refractivity contribution in [3.05, 3.63) is 89.5 Å². The predicted molar refractivity (Wildman–Crippen MR) is 134 cm³/mol. The zero-order chi connectivity index (χ0) is 26.8. The Morgan fingerprint density at radius 2 is 1.46 bits per heavy atom. The molecule has 0 aliphatic rings. The summed E-state index contributed by atoms with van der Waals surface area (Å²) in [4.78, 5) is 36.9. The maximum absolute atomic E-state index is 12.9. The lowest BCUT2D eigenvalue weighted by molar-refractivity contribution is -0.137. The molecule has 0 radical (unpaired) electrons. The number of hydrogen-bond acceptors (Lipinski definition) is 5. The molecule has 3 aromatic rings. The molecule has 0 fully saturated rings. The molecule has 4 N–H and O–H groups in total. The highest BCUT2D eigenvalue weighted by Crippen LogP contribution is 2.30. The number of methoxy groups -OCH3 is 1. The first-order chi connectivity index (χ1) is 17.7. The summed E-state index contributed by atoms with van der Waals surface area (Å²) in [7, 11) is 1.54. The van der Waals surface area contributed by atoms with E-state index in [4.69, 9.17) is 4.74 Å². The number of carbonyl (C=O) groups excluding carboxylic acids is 3. The van der Waals surface area contributed by atoms with E-state index in [1.807, 2.05) is 0 Å². The first kappa shape index (κ1) is 27.2. The molecule has 0 aliphatic carbocycles. The number of rotatable bonds is 10. The molecule has 37 heavy (non-hydrogen) atoms. The molecule has 0 unspecified atom stereocenters. The van der Waals surface area contributed by atoms with Crippen LogP contribution in [0.25, 0.3) is 0 Å². The lowest BCUT2D eigenvalue weighted by Crippen LogP contribution is -2.26. The van der Waals surface area contributed by atoms with E-state index in [2.05, 4.69) is 21.3 Å². The fourth-order valence-corrected chi connectivity index (χ4v) is 3.21. The number of alkyl halides is 3. The standard InChI is InChI=1S/C26H25F3N4O4/c1-37-13-12-30-24(35)17-8-10-20(11-9-17)31-16-23(34)32-21-6-2-4-18(14-21)25(36)33-22-7-3-5-19(15-22)26(27,28)29/h2-11,14-15,31H,12-13,16H2,1H3,(H,30,35)(H,32,34)(H,33,36). The number of ether oxygens (including phenoxy) is 1. The van der Waals surface area contributed by atoms with E-state index >= 15 is 0 Å². The van der Waals surface area contributed by atoms with Crippen LogP contribution < -0.4 is 21.3 Å².